The lowest BCUT2D eigenvalue weighted by atomic mass is 9.81. The fourth-order valence-electron chi connectivity index (χ4n) is 3.47. The van der Waals surface area contributed by atoms with Crippen LogP contribution >= 0.6 is 0 Å². The third-order valence-electron chi connectivity index (χ3n) is 5.27. The van der Waals surface area contributed by atoms with Crippen molar-refractivity contribution >= 4 is 5.97 Å². The van der Waals surface area contributed by atoms with E-state index in [1.807, 2.05) is 26.0 Å². The second kappa shape index (κ2) is 8.06. The van der Waals surface area contributed by atoms with Crippen LogP contribution in [0.25, 0.3) is 0 Å². The number of esters is 1. The van der Waals surface area contributed by atoms with Crippen molar-refractivity contribution in [2.45, 2.75) is 72.6 Å². The number of ether oxygens (including phenoxy) is 1. The van der Waals surface area contributed by atoms with Crippen LogP contribution < -0.4 is 4.74 Å². The molecule has 2 aromatic carbocycles. The lowest BCUT2D eigenvalue weighted by molar-refractivity contribution is -0.129. The van der Waals surface area contributed by atoms with Crippen LogP contribution in [-0.2, 0) is 22.0 Å². The molecule has 2 rings (SSSR count). The van der Waals surface area contributed by atoms with Gasteiger partial charge >= 0.3 is 5.97 Å². The Hall–Kier alpha value is -2.55. The molecule has 0 aromatic heterocycles. The molecule has 0 saturated carbocycles. The quantitative estimate of drug-likeness (QED) is 0.377. The van der Waals surface area contributed by atoms with Crippen molar-refractivity contribution < 1.29 is 14.6 Å². The standard InChI is InChI=1S/C26H34O3/c1-10-24(28)29-23-12-17(3)19(15-21(23)26(7,8)9)13-18-14-20(25(4,5)6)22(27)11-16(18)2/h10-12,14-15,27H,1,13H2,2-9H3. The van der Waals surface area contributed by atoms with E-state index in [4.69, 9.17) is 4.74 Å². The zero-order chi connectivity index (χ0) is 22.1. The van der Waals surface area contributed by atoms with Crippen molar-refractivity contribution in [1.29, 1.82) is 0 Å². The fourth-order valence-corrected chi connectivity index (χ4v) is 3.47. The lowest BCUT2D eigenvalue weighted by Gasteiger charge is -2.25. The molecule has 0 aliphatic rings. The maximum absolute atomic E-state index is 11.8. The summed E-state index contributed by atoms with van der Waals surface area (Å²) in [6, 6.07) is 8.06. The minimum Gasteiger partial charge on any atom is -0.508 e. The van der Waals surface area contributed by atoms with Crippen LogP contribution in [0.2, 0.25) is 0 Å². The highest BCUT2D eigenvalue weighted by atomic mass is 16.5. The van der Waals surface area contributed by atoms with Crippen molar-refractivity contribution in [3.8, 4) is 11.5 Å². The van der Waals surface area contributed by atoms with Gasteiger partial charge in [0.15, 0.2) is 0 Å². The van der Waals surface area contributed by atoms with Crippen LogP contribution in [0, 0.1) is 13.8 Å². The molecule has 0 saturated heterocycles. The van der Waals surface area contributed by atoms with Gasteiger partial charge < -0.3 is 9.84 Å². The first-order valence-electron chi connectivity index (χ1n) is 10.0. The topological polar surface area (TPSA) is 46.5 Å². The Morgan fingerprint density at radius 1 is 0.931 bits per heavy atom. The van der Waals surface area contributed by atoms with Crippen LogP contribution in [0.3, 0.4) is 0 Å². The van der Waals surface area contributed by atoms with Gasteiger partial charge in [-0.1, -0.05) is 60.3 Å². The smallest absolute Gasteiger partial charge is 0.335 e. The summed E-state index contributed by atoms with van der Waals surface area (Å²) >= 11 is 0. The van der Waals surface area contributed by atoms with E-state index in [-0.39, 0.29) is 10.8 Å². The molecular formula is C26H34O3. The van der Waals surface area contributed by atoms with Gasteiger partial charge in [0.1, 0.15) is 11.5 Å². The second-order valence-electron chi connectivity index (χ2n) is 9.87. The van der Waals surface area contributed by atoms with Crippen LogP contribution in [0.4, 0.5) is 0 Å². The van der Waals surface area contributed by atoms with E-state index >= 15 is 0 Å². The van der Waals surface area contributed by atoms with Crippen LogP contribution in [-0.4, -0.2) is 11.1 Å². The van der Waals surface area contributed by atoms with Crippen molar-refractivity contribution in [1.82, 2.24) is 0 Å². The van der Waals surface area contributed by atoms with E-state index in [1.165, 1.54) is 17.2 Å². The fraction of sp³-hybridized carbons (Fsp3) is 0.423. The van der Waals surface area contributed by atoms with Gasteiger partial charge in [0, 0.05) is 11.6 Å². The van der Waals surface area contributed by atoms with Crippen molar-refractivity contribution in [2.75, 3.05) is 0 Å². The summed E-state index contributed by atoms with van der Waals surface area (Å²) in [5.41, 5.74) is 6.11. The molecule has 0 spiro atoms. The molecule has 0 fully saturated rings. The Kier molecular flexibility index (Phi) is 6.32. The average Bonchev–Trinajstić information content (AvgIpc) is 2.56. The van der Waals surface area contributed by atoms with E-state index in [2.05, 4.69) is 60.3 Å². The Balaban J connectivity index is 2.57. The summed E-state index contributed by atoms with van der Waals surface area (Å²) in [6.07, 6.45) is 1.93. The highest BCUT2D eigenvalue weighted by molar-refractivity contribution is 5.83. The number of rotatable bonds is 4. The van der Waals surface area contributed by atoms with Gasteiger partial charge in [-0.15, -0.1) is 0 Å². The largest absolute Gasteiger partial charge is 0.508 e. The maximum atomic E-state index is 11.8. The van der Waals surface area contributed by atoms with Gasteiger partial charge in [0.25, 0.3) is 0 Å². The maximum Gasteiger partial charge on any atom is 0.335 e. The number of carbonyl (C=O) groups is 1. The van der Waals surface area contributed by atoms with Crippen molar-refractivity contribution in [3.63, 3.8) is 0 Å². The molecule has 3 heteroatoms. The summed E-state index contributed by atoms with van der Waals surface area (Å²) in [5.74, 6) is 0.478. The van der Waals surface area contributed by atoms with Crippen LogP contribution in [0.15, 0.2) is 36.9 Å². The summed E-state index contributed by atoms with van der Waals surface area (Å²) in [7, 11) is 0. The number of phenols is 1. The molecule has 156 valence electrons. The summed E-state index contributed by atoms with van der Waals surface area (Å²) in [4.78, 5) is 11.8. The molecule has 0 bridgehead atoms. The minimum absolute atomic E-state index is 0.138. The molecule has 0 aliphatic carbocycles. The first kappa shape index (κ1) is 22.7. The monoisotopic (exact) mass is 394 g/mol. The molecular weight excluding hydrogens is 360 g/mol. The third-order valence-corrected chi connectivity index (χ3v) is 5.27. The first-order chi connectivity index (χ1) is 13.2. The lowest BCUT2D eigenvalue weighted by Crippen LogP contribution is -2.16. The van der Waals surface area contributed by atoms with Crippen LogP contribution in [0.5, 0.6) is 11.5 Å². The third kappa shape index (κ3) is 5.29. The minimum atomic E-state index is -0.452. The number of hydrogen-bond acceptors (Lipinski definition) is 3. The van der Waals surface area contributed by atoms with E-state index in [0.717, 1.165) is 28.7 Å². The summed E-state index contributed by atoms with van der Waals surface area (Å²) in [5, 5.41) is 10.4. The number of benzene rings is 2. The molecule has 0 aliphatic heterocycles. The first-order valence-corrected chi connectivity index (χ1v) is 10.0. The Morgan fingerprint density at radius 2 is 1.41 bits per heavy atom. The van der Waals surface area contributed by atoms with Gasteiger partial charge in [-0.2, -0.15) is 0 Å². The summed E-state index contributed by atoms with van der Waals surface area (Å²) in [6.45, 7) is 20.2. The zero-order valence-corrected chi connectivity index (χ0v) is 19.1. The number of phenolic OH excluding ortho intramolecular Hbond substituents is 1. The SMILES string of the molecule is C=CC(=O)Oc1cc(C)c(Cc2cc(C(C)(C)C)c(O)cc2C)cc1C(C)(C)C. The molecule has 29 heavy (non-hydrogen) atoms. The molecule has 0 amide bonds. The van der Waals surface area contributed by atoms with Gasteiger partial charge in [-0.05, 0) is 71.0 Å². The molecule has 0 atom stereocenters. The second-order valence-corrected chi connectivity index (χ2v) is 9.87. The molecule has 0 unspecified atom stereocenters. The molecule has 2 aromatic rings. The predicted octanol–water partition coefficient (Wildman–Crippen LogP) is 6.29. The number of carbonyl (C=O) groups excluding carboxylic acids is 1. The summed E-state index contributed by atoms with van der Waals surface area (Å²) < 4.78 is 5.52. The number of aryl methyl sites for hydroxylation is 2. The molecule has 1 N–H and O–H groups in total. The normalized spacial score (nSPS) is 12.0. The Labute approximate surface area is 175 Å². The highest BCUT2D eigenvalue weighted by Crippen LogP contribution is 2.37. The molecule has 3 nitrogen and oxygen atoms in total. The van der Waals surface area contributed by atoms with E-state index < -0.39 is 5.97 Å². The highest BCUT2D eigenvalue weighted by Gasteiger charge is 2.23. The molecule has 0 radical (unpaired) electrons. The van der Waals surface area contributed by atoms with Gasteiger partial charge in [-0.25, -0.2) is 4.79 Å². The van der Waals surface area contributed by atoms with Gasteiger partial charge in [-0.3, -0.25) is 0 Å². The van der Waals surface area contributed by atoms with E-state index in [0.29, 0.717) is 11.5 Å². The number of aromatic hydroxyl groups is 1. The van der Waals surface area contributed by atoms with Crippen molar-refractivity contribution in [2.24, 2.45) is 0 Å². The number of hydrogen-bond donors (Lipinski definition) is 1. The van der Waals surface area contributed by atoms with E-state index in [9.17, 15) is 9.90 Å². The predicted molar refractivity (Wildman–Crippen MR) is 120 cm³/mol. The van der Waals surface area contributed by atoms with Crippen molar-refractivity contribution in [3.05, 3.63) is 70.3 Å². The average molecular weight is 395 g/mol. The Morgan fingerprint density at radius 3 is 1.90 bits per heavy atom. The van der Waals surface area contributed by atoms with Gasteiger partial charge in [0.05, 0.1) is 0 Å². The van der Waals surface area contributed by atoms with E-state index in [1.54, 1.807) is 0 Å². The van der Waals surface area contributed by atoms with Crippen LogP contribution in [0.1, 0.15) is 74.9 Å². The zero-order valence-electron chi connectivity index (χ0n) is 19.1. The Bertz CT molecular complexity index is 938. The molecule has 0 heterocycles. The van der Waals surface area contributed by atoms with Gasteiger partial charge in [0.2, 0.25) is 0 Å².